The number of hydrogen-bond acceptors (Lipinski definition) is 7. The van der Waals surface area contributed by atoms with E-state index in [1.165, 1.54) is 12.3 Å². The van der Waals surface area contributed by atoms with Crippen LogP contribution in [0, 0.1) is 17.1 Å². The Morgan fingerprint density at radius 3 is 2.52 bits per heavy atom. The maximum atomic E-state index is 16.5. The number of fused-ring (bicyclic) bond motifs is 4. The lowest BCUT2D eigenvalue weighted by Gasteiger charge is -2.37. The fourth-order valence-electron chi connectivity index (χ4n) is 7.43. The molecule has 2 fully saturated rings. The molecule has 2 amide bonds. The molecule has 12 nitrogen and oxygen atoms in total. The van der Waals surface area contributed by atoms with Crippen molar-refractivity contribution >= 4 is 45.3 Å². The van der Waals surface area contributed by atoms with Crippen LogP contribution in [0.25, 0.3) is 27.4 Å². The Bertz CT molecular complexity index is 2090. The van der Waals surface area contributed by atoms with Gasteiger partial charge in [0.05, 0.1) is 17.1 Å². The van der Waals surface area contributed by atoms with E-state index in [2.05, 4.69) is 10.6 Å². The van der Waals surface area contributed by atoms with E-state index in [1.807, 2.05) is 62.1 Å². The molecule has 2 unspecified atom stereocenters. The molecule has 5 N–H and O–H groups in total. The molecule has 4 aromatic rings. The van der Waals surface area contributed by atoms with Crippen molar-refractivity contribution in [3.63, 3.8) is 0 Å². The number of likely N-dealkylation sites (tertiary alicyclic amines) is 1. The van der Waals surface area contributed by atoms with E-state index in [0.717, 1.165) is 23.6 Å². The summed E-state index contributed by atoms with van der Waals surface area (Å²) in [5.41, 5.74) is 5.19. The number of carbonyl (C=O) groups excluding carboxylic acids is 2. The SMILES string of the molecule is CC(C)(C)OC(=O)N1CCCC2CN(c3c(F)cc4c(=O)c(C(=O)NCCCCNC(=N)N)cn5c4c3Oc3cc4ccccc4cc3-5)CC21. The van der Waals surface area contributed by atoms with Gasteiger partial charge >= 0.3 is 6.09 Å². The Hall–Kier alpha value is -5.33. The Labute approximate surface area is 288 Å². The number of nitrogens with two attached hydrogens (primary N) is 1. The lowest BCUT2D eigenvalue weighted by atomic mass is 9.92. The van der Waals surface area contributed by atoms with Gasteiger partial charge in [-0.25, -0.2) is 9.18 Å². The average Bonchev–Trinajstić information content (AvgIpc) is 3.49. The first-order valence-corrected chi connectivity index (χ1v) is 17.1. The van der Waals surface area contributed by atoms with Crippen LogP contribution in [0.2, 0.25) is 0 Å². The predicted octanol–water partition coefficient (Wildman–Crippen LogP) is 5.22. The number of hydrogen-bond donors (Lipinski definition) is 4. The summed E-state index contributed by atoms with van der Waals surface area (Å²) in [4.78, 5) is 44.3. The maximum absolute atomic E-state index is 16.5. The number of nitrogens with zero attached hydrogens (tertiary/aromatic N) is 3. The number of guanidine groups is 1. The number of nitrogens with one attached hydrogen (secondary N) is 3. The number of rotatable bonds is 7. The number of unbranched alkanes of at least 4 members (excludes halogenated alkanes) is 1. The molecule has 3 aromatic carbocycles. The molecule has 1 aromatic heterocycles. The molecule has 3 aliphatic heterocycles. The molecule has 262 valence electrons. The van der Waals surface area contributed by atoms with Crippen LogP contribution >= 0.6 is 0 Å². The molecule has 0 aliphatic carbocycles. The van der Waals surface area contributed by atoms with Gasteiger partial charge in [0.15, 0.2) is 23.3 Å². The first kappa shape index (κ1) is 33.2. The van der Waals surface area contributed by atoms with Crippen LogP contribution in [0.4, 0.5) is 14.9 Å². The molecule has 2 saturated heterocycles. The fourth-order valence-corrected chi connectivity index (χ4v) is 7.43. The van der Waals surface area contributed by atoms with E-state index in [9.17, 15) is 14.4 Å². The van der Waals surface area contributed by atoms with Gasteiger partial charge in [-0.05, 0) is 81.3 Å². The summed E-state index contributed by atoms with van der Waals surface area (Å²) in [6.07, 6.45) is 4.10. The zero-order valence-electron chi connectivity index (χ0n) is 28.5. The van der Waals surface area contributed by atoms with Crippen molar-refractivity contribution < 1.29 is 23.5 Å². The Morgan fingerprint density at radius 2 is 1.80 bits per heavy atom. The molecule has 2 atom stereocenters. The number of amides is 2. The zero-order chi connectivity index (χ0) is 35.3. The number of anilines is 1. The van der Waals surface area contributed by atoms with Gasteiger partial charge in [-0.3, -0.25) is 15.0 Å². The number of halogens is 1. The van der Waals surface area contributed by atoms with Crippen molar-refractivity contribution in [1.82, 2.24) is 20.1 Å². The second-order valence-electron chi connectivity index (χ2n) is 14.3. The molecule has 3 aliphatic rings. The smallest absolute Gasteiger partial charge is 0.410 e. The molecule has 0 spiro atoms. The predicted molar refractivity (Wildman–Crippen MR) is 190 cm³/mol. The molecule has 0 saturated carbocycles. The normalized spacial score (nSPS) is 18.0. The van der Waals surface area contributed by atoms with E-state index in [1.54, 1.807) is 9.47 Å². The van der Waals surface area contributed by atoms with Gasteiger partial charge in [-0.15, -0.1) is 0 Å². The van der Waals surface area contributed by atoms with Crippen LogP contribution in [0.1, 0.15) is 56.8 Å². The fraction of sp³-hybridized carbons (Fsp3) is 0.405. The van der Waals surface area contributed by atoms with Gasteiger partial charge in [0.25, 0.3) is 5.91 Å². The minimum atomic E-state index is -0.643. The summed E-state index contributed by atoms with van der Waals surface area (Å²) in [5, 5.41) is 14.7. The van der Waals surface area contributed by atoms with Crippen molar-refractivity contribution in [3.05, 3.63) is 70.3 Å². The van der Waals surface area contributed by atoms with Gasteiger partial charge < -0.3 is 40.2 Å². The van der Waals surface area contributed by atoms with Crippen LogP contribution in [-0.4, -0.2) is 71.8 Å². The second kappa shape index (κ2) is 12.8. The van der Waals surface area contributed by atoms with Crippen LogP contribution in [-0.2, 0) is 4.74 Å². The highest BCUT2D eigenvalue weighted by atomic mass is 19.1. The third-order valence-electron chi connectivity index (χ3n) is 9.64. The maximum Gasteiger partial charge on any atom is 0.410 e. The minimum Gasteiger partial charge on any atom is -0.451 e. The lowest BCUT2D eigenvalue weighted by Crippen LogP contribution is -2.50. The van der Waals surface area contributed by atoms with E-state index in [-0.39, 0.29) is 46.4 Å². The Balaban J connectivity index is 1.29. The van der Waals surface area contributed by atoms with Gasteiger partial charge in [0.1, 0.15) is 22.4 Å². The third kappa shape index (κ3) is 6.16. The van der Waals surface area contributed by atoms with Crippen LogP contribution in [0.3, 0.4) is 0 Å². The first-order valence-electron chi connectivity index (χ1n) is 17.1. The Kier molecular flexibility index (Phi) is 8.53. The van der Waals surface area contributed by atoms with Crippen molar-refractivity contribution in [3.8, 4) is 17.2 Å². The standard InChI is InChI=1S/C37H42FN7O5/c1-37(2,3)50-36(48)44-14-8-11-23-18-43(20-28(23)44)31-26(38)17-24-30-33(31)49-29-16-22-10-5-4-9-21(22)15-27(29)45(30)19-25(32(24)46)34(47)41-12-6-7-13-42-35(39)40/h4-5,9-10,15-17,19,23,28H,6-8,11-14,18,20H2,1-3H3,(H,41,47)(H4,39,40,42). The molecule has 7 rings (SSSR count). The van der Waals surface area contributed by atoms with E-state index in [4.69, 9.17) is 20.6 Å². The van der Waals surface area contributed by atoms with E-state index < -0.39 is 22.8 Å². The van der Waals surface area contributed by atoms with Crippen molar-refractivity contribution in [1.29, 1.82) is 5.41 Å². The van der Waals surface area contributed by atoms with Crippen molar-refractivity contribution in [2.45, 2.75) is 58.1 Å². The molecular formula is C37H42FN7O5. The second-order valence-corrected chi connectivity index (χ2v) is 14.3. The van der Waals surface area contributed by atoms with Crippen LogP contribution in [0.5, 0.6) is 11.5 Å². The average molecular weight is 684 g/mol. The third-order valence-corrected chi connectivity index (χ3v) is 9.64. The molecule has 0 radical (unpaired) electrons. The summed E-state index contributed by atoms with van der Waals surface area (Å²) in [6.45, 7) is 7.74. The number of benzene rings is 3. The summed E-state index contributed by atoms with van der Waals surface area (Å²) in [5.74, 6) is -0.560. The summed E-state index contributed by atoms with van der Waals surface area (Å²) in [7, 11) is 0. The number of ether oxygens (including phenoxy) is 2. The van der Waals surface area contributed by atoms with Gasteiger partial charge in [-0.1, -0.05) is 24.3 Å². The lowest BCUT2D eigenvalue weighted by molar-refractivity contribution is 0.00668. The van der Waals surface area contributed by atoms with Gasteiger partial charge in [-0.2, -0.15) is 0 Å². The molecule has 4 heterocycles. The van der Waals surface area contributed by atoms with Gasteiger partial charge in [0, 0.05) is 38.9 Å². The minimum absolute atomic E-state index is 0.0327. The number of aromatic nitrogens is 1. The zero-order valence-corrected chi connectivity index (χ0v) is 28.5. The topological polar surface area (TPSA) is 155 Å². The molecule has 13 heteroatoms. The summed E-state index contributed by atoms with van der Waals surface area (Å²) >= 11 is 0. The monoisotopic (exact) mass is 683 g/mol. The van der Waals surface area contributed by atoms with Crippen LogP contribution < -0.4 is 31.4 Å². The number of carbonyl (C=O) groups is 2. The highest BCUT2D eigenvalue weighted by molar-refractivity contribution is 6.02. The summed E-state index contributed by atoms with van der Waals surface area (Å²) in [6, 6.07) is 12.6. The van der Waals surface area contributed by atoms with Gasteiger partial charge in [0.2, 0.25) is 5.43 Å². The van der Waals surface area contributed by atoms with Crippen molar-refractivity contribution in [2.24, 2.45) is 11.7 Å². The largest absolute Gasteiger partial charge is 0.451 e. The Morgan fingerprint density at radius 1 is 1.08 bits per heavy atom. The van der Waals surface area contributed by atoms with Crippen LogP contribution in [0.15, 0.2) is 53.5 Å². The highest BCUT2D eigenvalue weighted by Gasteiger charge is 2.44. The quantitative estimate of drug-likeness (QED) is 0.104. The summed E-state index contributed by atoms with van der Waals surface area (Å²) < 4.78 is 30.6. The molecule has 0 bridgehead atoms. The van der Waals surface area contributed by atoms with E-state index >= 15 is 4.39 Å². The number of piperidine rings is 1. The van der Waals surface area contributed by atoms with Crippen molar-refractivity contribution in [2.75, 3.05) is 37.6 Å². The molecular weight excluding hydrogens is 641 g/mol. The molecule has 50 heavy (non-hydrogen) atoms. The first-order chi connectivity index (χ1) is 23.9. The highest BCUT2D eigenvalue weighted by Crippen LogP contribution is 2.49. The van der Waals surface area contributed by atoms with E-state index in [0.29, 0.717) is 62.5 Å². The number of pyridine rings is 1.